The Morgan fingerprint density at radius 1 is 1.44 bits per heavy atom. The lowest BCUT2D eigenvalue weighted by atomic mass is 10.2. The molecule has 92 valence electrons. The minimum atomic E-state index is -3.04. The van der Waals surface area contributed by atoms with Crippen molar-refractivity contribution >= 4 is 32.8 Å². The molecule has 0 atom stereocenters. The molecule has 0 aliphatic carbocycles. The summed E-state index contributed by atoms with van der Waals surface area (Å²) in [5, 5.41) is 3.13. The SMILES string of the molecule is CC(C)(CNCc1ccc(Cl)s1)S(C)(=O)=O. The molecule has 1 rings (SSSR count). The van der Waals surface area contributed by atoms with Crippen molar-refractivity contribution in [2.24, 2.45) is 0 Å². The van der Waals surface area contributed by atoms with Crippen LogP contribution in [0.5, 0.6) is 0 Å². The van der Waals surface area contributed by atoms with Crippen molar-refractivity contribution in [2.45, 2.75) is 25.1 Å². The van der Waals surface area contributed by atoms with E-state index in [4.69, 9.17) is 11.6 Å². The highest BCUT2D eigenvalue weighted by Crippen LogP contribution is 2.21. The maximum absolute atomic E-state index is 11.4. The van der Waals surface area contributed by atoms with Gasteiger partial charge >= 0.3 is 0 Å². The first-order valence-corrected chi connectivity index (χ1v) is 7.95. The van der Waals surface area contributed by atoms with Gasteiger partial charge in [0.25, 0.3) is 0 Å². The van der Waals surface area contributed by atoms with Gasteiger partial charge in [-0.2, -0.15) is 0 Å². The normalized spacial score (nSPS) is 13.0. The first kappa shape index (κ1) is 14.0. The van der Waals surface area contributed by atoms with E-state index >= 15 is 0 Å². The number of sulfone groups is 1. The maximum atomic E-state index is 11.4. The standard InChI is InChI=1S/C10H16ClNO2S2/c1-10(2,16(3,13)14)7-12-6-8-4-5-9(11)15-8/h4-5,12H,6-7H2,1-3H3. The Morgan fingerprint density at radius 3 is 2.50 bits per heavy atom. The third-order valence-electron chi connectivity index (χ3n) is 2.48. The summed E-state index contributed by atoms with van der Waals surface area (Å²) in [6, 6.07) is 3.78. The fourth-order valence-corrected chi connectivity index (χ4v) is 2.49. The molecule has 1 N–H and O–H groups in total. The van der Waals surface area contributed by atoms with Crippen molar-refractivity contribution in [2.75, 3.05) is 12.8 Å². The molecule has 6 heteroatoms. The molecular formula is C10H16ClNO2S2. The molecule has 0 aliphatic heterocycles. The van der Waals surface area contributed by atoms with Gasteiger partial charge in [-0.25, -0.2) is 8.42 Å². The maximum Gasteiger partial charge on any atom is 0.153 e. The van der Waals surface area contributed by atoms with Crippen LogP contribution in [0.4, 0.5) is 0 Å². The van der Waals surface area contributed by atoms with Gasteiger partial charge in [0.15, 0.2) is 9.84 Å². The van der Waals surface area contributed by atoms with Crippen LogP contribution in [0.15, 0.2) is 12.1 Å². The lowest BCUT2D eigenvalue weighted by Gasteiger charge is -2.22. The molecule has 3 nitrogen and oxygen atoms in total. The van der Waals surface area contributed by atoms with Gasteiger partial charge in [-0.15, -0.1) is 11.3 Å². The van der Waals surface area contributed by atoms with Crippen molar-refractivity contribution in [1.82, 2.24) is 5.32 Å². The van der Waals surface area contributed by atoms with Crippen LogP contribution in [0.25, 0.3) is 0 Å². The average Bonchev–Trinajstić information content (AvgIpc) is 2.49. The molecule has 16 heavy (non-hydrogen) atoms. The first-order chi connectivity index (χ1) is 7.22. The molecule has 0 aromatic carbocycles. The highest BCUT2D eigenvalue weighted by molar-refractivity contribution is 7.92. The lowest BCUT2D eigenvalue weighted by molar-refractivity contribution is 0.522. The molecule has 0 saturated carbocycles. The lowest BCUT2D eigenvalue weighted by Crippen LogP contribution is -2.41. The molecule has 0 aliphatic rings. The minimum Gasteiger partial charge on any atom is -0.310 e. The monoisotopic (exact) mass is 281 g/mol. The summed E-state index contributed by atoms with van der Waals surface area (Å²) in [4.78, 5) is 1.11. The van der Waals surface area contributed by atoms with E-state index in [-0.39, 0.29) is 0 Å². The molecule has 1 aromatic rings. The van der Waals surface area contributed by atoms with Crippen LogP contribution in [0, 0.1) is 0 Å². The van der Waals surface area contributed by atoms with Gasteiger partial charge in [-0.05, 0) is 26.0 Å². The number of thiophene rings is 1. The third kappa shape index (κ3) is 3.73. The summed E-state index contributed by atoms with van der Waals surface area (Å²) in [5.41, 5.74) is 0. The quantitative estimate of drug-likeness (QED) is 0.901. The van der Waals surface area contributed by atoms with Crippen molar-refractivity contribution in [3.8, 4) is 0 Å². The number of hydrogen-bond donors (Lipinski definition) is 1. The second kappa shape index (κ2) is 5.04. The summed E-state index contributed by atoms with van der Waals surface area (Å²) in [5.74, 6) is 0. The molecule has 0 spiro atoms. The van der Waals surface area contributed by atoms with Crippen LogP contribution in [0.1, 0.15) is 18.7 Å². The predicted octanol–water partition coefficient (Wildman–Crippen LogP) is 2.31. The van der Waals surface area contributed by atoms with Gasteiger partial charge in [0.2, 0.25) is 0 Å². The molecule has 1 heterocycles. The summed E-state index contributed by atoms with van der Waals surface area (Å²) >= 11 is 7.30. The van der Waals surface area contributed by atoms with Gasteiger partial charge in [0, 0.05) is 24.2 Å². The zero-order chi connectivity index (χ0) is 12.4. The Labute approximate surface area is 106 Å². The second-order valence-electron chi connectivity index (χ2n) is 4.34. The van der Waals surface area contributed by atoms with Gasteiger partial charge in [0.05, 0.1) is 9.08 Å². The minimum absolute atomic E-state index is 0.432. The van der Waals surface area contributed by atoms with E-state index in [1.807, 2.05) is 12.1 Å². The number of nitrogens with one attached hydrogen (secondary N) is 1. The average molecular weight is 282 g/mol. The smallest absolute Gasteiger partial charge is 0.153 e. The molecule has 0 bridgehead atoms. The fraction of sp³-hybridized carbons (Fsp3) is 0.600. The predicted molar refractivity (Wildman–Crippen MR) is 70.0 cm³/mol. The van der Waals surface area contributed by atoms with E-state index in [0.29, 0.717) is 13.1 Å². The molecule has 0 unspecified atom stereocenters. The van der Waals surface area contributed by atoms with Crippen molar-refractivity contribution in [3.63, 3.8) is 0 Å². The molecule has 0 fully saturated rings. The van der Waals surface area contributed by atoms with E-state index < -0.39 is 14.6 Å². The Kier molecular flexibility index (Phi) is 4.40. The third-order valence-corrected chi connectivity index (χ3v) is 5.87. The summed E-state index contributed by atoms with van der Waals surface area (Å²) in [6.45, 7) is 4.52. The Bertz CT molecular complexity index is 451. The van der Waals surface area contributed by atoms with Crippen molar-refractivity contribution in [1.29, 1.82) is 0 Å². The van der Waals surface area contributed by atoms with E-state index in [9.17, 15) is 8.42 Å². The van der Waals surface area contributed by atoms with Gasteiger partial charge in [0.1, 0.15) is 0 Å². The van der Waals surface area contributed by atoms with Crippen LogP contribution in [-0.4, -0.2) is 26.0 Å². The van der Waals surface area contributed by atoms with Crippen LogP contribution in [-0.2, 0) is 16.4 Å². The van der Waals surface area contributed by atoms with E-state index in [0.717, 1.165) is 9.21 Å². The molecule has 0 amide bonds. The summed E-state index contributed by atoms with van der Waals surface area (Å²) < 4.78 is 22.9. The topological polar surface area (TPSA) is 46.2 Å². The highest BCUT2D eigenvalue weighted by atomic mass is 35.5. The molecule has 1 aromatic heterocycles. The fourth-order valence-electron chi connectivity index (χ4n) is 1.06. The van der Waals surface area contributed by atoms with Gasteiger partial charge < -0.3 is 5.32 Å². The highest BCUT2D eigenvalue weighted by Gasteiger charge is 2.29. The zero-order valence-electron chi connectivity index (χ0n) is 9.58. The Balaban J connectivity index is 2.48. The van der Waals surface area contributed by atoms with Crippen LogP contribution >= 0.6 is 22.9 Å². The molecular weight excluding hydrogens is 266 g/mol. The number of rotatable bonds is 5. The summed E-state index contributed by atoms with van der Waals surface area (Å²) in [6.07, 6.45) is 1.26. The van der Waals surface area contributed by atoms with Gasteiger partial charge in [-0.3, -0.25) is 0 Å². The van der Waals surface area contributed by atoms with E-state index in [1.54, 1.807) is 13.8 Å². The molecule has 0 saturated heterocycles. The van der Waals surface area contributed by atoms with Crippen LogP contribution in [0.2, 0.25) is 4.34 Å². The zero-order valence-corrected chi connectivity index (χ0v) is 12.0. The van der Waals surface area contributed by atoms with Gasteiger partial charge in [-0.1, -0.05) is 11.6 Å². The van der Waals surface area contributed by atoms with Crippen LogP contribution < -0.4 is 5.32 Å². The Morgan fingerprint density at radius 2 is 2.06 bits per heavy atom. The summed E-state index contributed by atoms with van der Waals surface area (Å²) in [7, 11) is -3.04. The largest absolute Gasteiger partial charge is 0.310 e. The second-order valence-corrected chi connectivity index (χ2v) is 8.79. The number of hydrogen-bond acceptors (Lipinski definition) is 4. The molecule has 0 radical (unpaired) electrons. The number of halogens is 1. The van der Waals surface area contributed by atoms with Crippen molar-refractivity contribution in [3.05, 3.63) is 21.3 Å². The van der Waals surface area contributed by atoms with Crippen molar-refractivity contribution < 1.29 is 8.42 Å². The van der Waals surface area contributed by atoms with E-state index in [2.05, 4.69) is 5.32 Å². The van der Waals surface area contributed by atoms with E-state index in [1.165, 1.54) is 17.6 Å². The first-order valence-electron chi connectivity index (χ1n) is 4.87. The van der Waals surface area contributed by atoms with Crippen LogP contribution in [0.3, 0.4) is 0 Å². The Hall–Kier alpha value is -0.100.